The summed E-state index contributed by atoms with van der Waals surface area (Å²) in [7, 11) is 3.26. The van der Waals surface area contributed by atoms with Gasteiger partial charge in [-0.15, -0.1) is 11.6 Å². The number of halogens is 1. The first-order chi connectivity index (χ1) is 10.2. The Balaban J connectivity index is 2.24. The molecule has 1 unspecified atom stereocenters. The van der Waals surface area contributed by atoms with E-state index in [0.717, 1.165) is 24.0 Å². The molecular weight excluding hydrogens is 284 g/mol. The predicted octanol–water partition coefficient (Wildman–Crippen LogP) is 4.98. The van der Waals surface area contributed by atoms with E-state index in [2.05, 4.69) is 31.2 Å². The van der Waals surface area contributed by atoms with Crippen molar-refractivity contribution in [3.05, 3.63) is 59.2 Å². The van der Waals surface area contributed by atoms with E-state index in [1.807, 2.05) is 18.2 Å². The first-order valence-corrected chi connectivity index (χ1v) is 7.58. The van der Waals surface area contributed by atoms with Crippen molar-refractivity contribution in [3.63, 3.8) is 0 Å². The highest BCUT2D eigenvalue weighted by Crippen LogP contribution is 2.35. The molecule has 2 rings (SSSR count). The average Bonchev–Trinajstić information content (AvgIpc) is 2.54. The fourth-order valence-electron chi connectivity index (χ4n) is 2.34. The van der Waals surface area contributed by atoms with Gasteiger partial charge in [0.25, 0.3) is 0 Å². The van der Waals surface area contributed by atoms with Gasteiger partial charge in [-0.1, -0.05) is 43.7 Å². The lowest BCUT2D eigenvalue weighted by atomic mass is 10.0. The lowest BCUT2D eigenvalue weighted by molar-refractivity contribution is 0.354. The maximum Gasteiger partial charge on any atom is 0.161 e. The summed E-state index contributed by atoms with van der Waals surface area (Å²) in [6, 6.07) is 14.3. The number of methoxy groups -OCH3 is 2. The average molecular weight is 305 g/mol. The Bertz CT molecular complexity index is 578. The van der Waals surface area contributed by atoms with Crippen LogP contribution in [0.4, 0.5) is 0 Å². The second kappa shape index (κ2) is 7.37. The Labute approximate surface area is 131 Å². The third-order valence-corrected chi connectivity index (χ3v) is 4.02. The molecule has 0 saturated carbocycles. The molecule has 2 nitrogen and oxygen atoms in total. The quantitative estimate of drug-likeness (QED) is 0.700. The molecule has 0 saturated heterocycles. The molecule has 0 N–H and O–H groups in total. The second-order valence-electron chi connectivity index (χ2n) is 4.97. The SMILES string of the molecule is CCCc1ccc(C(Cl)c2ccc(OC)c(OC)c2)cc1. The molecular formula is C18H21ClO2. The lowest BCUT2D eigenvalue weighted by Gasteiger charge is -2.14. The molecule has 0 heterocycles. The highest BCUT2D eigenvalue weighted by atomic mass is 35.5. The third-order valence-electron chi connectivity index (χ3n) is 3.51. The summed E-state index contributed by atoms with van der Waals surface area (Å²) in [6.07, 6.45) is 2.25. The summed E-state index contributed by atoms with van der Waals surface area (Å²) in [6.45, 7) is 2.18. The molecule has 1 atom stereocenters. The van der Waals surface area contributed by atoms with Crippen molar-refractivity contribution in [1.82, 2.24) is 0 Å². The Morgan fingerprint density at radius 3 is 2.10 bits per heavy atom. The highest BCUT2D eigenvalue weighted by molar-refractivity contribution is 6.22. The molecule has 0 aliphatic rings. The first kappa shape index (κ1) is 15.7. The minimum Gasteiger partial charge on any atom is -0.493 e. The van der Waals surface area contributed by atoms with Gasteiger partial charge in [-0.2, -0.15) is 0 Å². The molecule has 2 aromatic carbocycles. The van der Waals surface area contributed by atoms with Crippen molar-refractivity contribution >= 4 is 11.6 Å². The molecule has 3 heteroatoms. The maximum absolute atomic E-state index is 6.59. The Morgan fingerprint density at radius 1 is 0.905 bits per heavy atom. The largest absolute Gasteiger partial charge is 0.493 e. The number of ether oxygens (including phenoxy) is 2. The van der Waals surface area contributed by atoms with Crippen LogP contribution in [0.5, 0.6) is 11.5 Å². The van der Waals surface area contributed by atoms with E-state index in [-0.39, 0.29) is 5.38 Å². The van der Waals surface area contributed by atoms with Crippen molar-refractivity contribution in [2.24, 2.45) is 0 Å². The van der Waals surface area contributed by atoms with E-state index >= 15 is 0 Å². The van der Waals surface area contributed by atoms with E-state index < -0.39 is 0 Å². The summed E-state index contributed by atoms with van der Waals surface area (Å²) in [5.41, 5.74) is 3.43. The topological polar surface area (TPSA) is 18.5 Å². The normalized spacial score (nSPS) is 12.0. The molecule has 0 fully saturated rings. The van der Waals surface area contributed by atoms with Gasteiger partial charge in [0.15, 0.2) is 11.5 Å². The number of hydrogen-bond acceptors (Lipinski definition) is 2. The zero-order valence-corrected chi connectivity index (χ0v) is 13.5. The minimum atomic E-state index is -0.194. The van der Waals surface area contributed by atoms with Gasteiger partial charge in [0.2, 0.25) is 0 Å². The summed E-state index contributed by atoms with van der Waals surface area (Å²) in [5, 5.41) is -0.194. The molecule has 0 aliphatic carbocycles. The van der Waals surface area contributed by atoms with Crippen molar-refractivity contribution < 1.29 is 9.47 Å². The highest BCUT2D eigenvalue weighted by Gasteiger charge is 2.13. The van der Waals surface area contributed by atoms with E-state index in [0.29, 0.717) is 11.5 Å². The van der Waals surface area contributed by atoms with Crippen LogP contribution < -0.4 is 9.47 Å². The van der Waals surface area contributed by atoms with Crippen LogP contribution in [0.25, 0.3) is 0 Å². The second-order valence-corrected chi connectivity index (χ2v) is 5.40. The number of aryl methyl sites for hydroxylation is 1. The molecule has 2 aromatic rings. The van der Waals surface area contributed by atoms with Gasteiger partial charge in [-0.05, 0) is 35.2 Å². The smallest absolute Gasteiger partial charge is 0.161 e. The van der Waals surface area contributed by atoms with Gasteiger partial charge < -0.3 is 9.47 Å². The van der Waals surface area contributed by atoms with Crippen LogP contribution in [-0.2, 0) is 6.42 Å². The van der Waals surface area contributed by atoms with Gasteiger partial charge in [-0.25, -0.2) is 0 Å². The summed E-state index contributed by atoms with van der Waals surface area (Å²) >= 11 is 6.59. The number of benzene rings is 2. The Hall–Kier alpha value is -1.67. The van der Waals surface area contributed by atoms with Gasteiger partial charge in [0.05, 0.1) is 19.6 Å². The third kappa shape index (κ3) is 3.70. The van der Waals surface area contributed by atoms with E-state index in [4.69, 9.17) is 21.1 Å². The summed E-state index contributed by atoms with van der Waals surface area (Å²) < 4.78 is 10.6. The van der Waals surface area contributed by atoms with Crippen molar-refractivity contribution in [2.45, 2.75) is 25.1 Å². The molecule has 0 aromatic heterocycles. The van der Waals surface area contributed by atoms with Crippen LogP contribution in [0.2, 0.25) is 0 Å². The van der Waals surface area contributed by atoms with Crippen LogP contribution in [0, 0.1) is 0 Å². The molecule has 0 amide bonds. The van der Waals surface area contributed by atoms with Crippen LogP contribution in [0.1, 0.15) is 35.4 Å². The summed E-state index contributed by atoms with van der Waals surface area (Å²) in [5.74, 6) is 1.41. The molecule has 0 bridgehead atoms. The summed E-state index contributed by atoms with van der Waals surface area (Å²) in [4.78, 5) is 0. The Kier molecular flexibility index (Phi) is 5.51. The van der Waals surface area contributed by atoms with Crippen molar-refractivity contribution in [1.29, 1.82) is 0 Å². The van der Waals surface area contributed by atoms with Crippen LogP contribution in [0.15, 0.2) is 42.5 Å². The van der Waals surface area contributed by atoms with E-state index in [1.165, 1.54) is 5.56 Å². The monoisotopic (exact) mass is 304 g/mol. The van der Waals surface area contributed by atoms with E-state index in [1.54, 1.807) is 14.2 Å². The maximum atomic E-state index is 6.59. The van der Waals surface area contributed by atoms with Gasteiger partial charge in [0.1, 0.15) is 0 Å². The van der Waals surface area contributed by atoms with Gasteiger partial charge in [-0.3, -0.25) is 0 Å². The van der Waals surface area contributed by atoms with Crippen LogP contribution >= 0.6 is 11.6 Å². The fraction of sp³-hybridized carbons (Fsp3) is 0.333. The molecule has 112 valence electrons. The predicted molar refractivity (Wildman–Crippen MR) is 87.7 cm³/mol. The molecule has 0 spiro atoms. The van der Waals surface area contributed by atoms with Crippen LogP contribution in [-0.4, -0.2) is 14.2 Å². The van der Waals surface area contributed by atoms with Gasteiger partial charge in [0, 0.05) is 0 Å². The number of alkyl halides is 1. The zero-order valence-electron chi connectivity index (χ0n) is 12.7. The molecule has 21 heavy (non-hydrogen) atoms. The van der Waals surface area contributed by atoms with Gasteiger partial charge >= 0.3 is 0 Å². The number of hydrogen-bond donors (Lipinski definition) is 0. The van der Waals surface area contributed by atoms with Crippen molar-refractivity contribution in [3.8, 4) is 11.5 Å². The fourth-order valence-corrected chi connectivity index (χ4v) is 2.63. The minimum absolute atomic E-state index is 0.194. The van der Waals surface area contributed by atoms with Crippen LogP contribution in [0.3, 0.4) is 0 Å². The van der Waals surface area contributed by atoms with Crippen molar-refractivity contribution in [2.75, 3.05) is 14.2 Å². The standard InChI is InChI=1S/C18H21ClO2/c1-4-5-13-6-8-14(9-7-13)18(19)15-10-11-16(20-2)17(12-15)21-3/h6-12,18H,4-5H2,1-3H3. The lowest BCUT2D eigenvalue weighted by Crippen LogP contribution is -1.97. The van der Waals surface area contributed by atoms with E-state index in [9.17, 15) is 0 Å². The molecule has 0 aliphatic heterocycles. The Morgan fingerprint density at radius 2 is 1.52 bits per heavy atom. The zero-order chi connectivity index (χ0) is 15.2. The number of rotatable bonds is 6. The first-order valence-electron chi connectivity index (χ1n) is 7.14. The molecule has 0 radical (unpaired) electrons.